The summed E-state index contributed by atoms with van der Waals surface area (Å²) in [5.41, 5.74) is -0.444. The summed E-state index contributed by atoms with van der Waals surface area (Å²) in [5.74, 6) is 1.50. The minimum absolute atomic E-state index is 0. The smallest absolute Gasteiger partial charge is 0.410 e. The van der Waals surface area contributed by atoms with Crippen LogP contribution in [-0.4, -0.2) is 79.8 Å². The van der Waals surface area contributed by atoms with Crippen molar-refractivity contribution in [1.82, 2.24) is 20.4 Å². The van der Waals surface area contributed by atoms with Crippen molar-refractivity contribution < 1.29 is 9.53 Å². The molecule has 2 fully saturated rings. The number of ether oxygens (including phenoxy) is 1. The third-order valence-corrected chi connectivity index (χ3v) is 4.47. The van der Waals surface area contributed by atoms with Gasteiger partial charge in [0.15, 0.2) is 5.96 Å². The third-order valence-electron chi connectivity index (χ3n) is 4.47. The van der Waals surface area contributed by atoms with Crippen LogP contribution < -0.4 is 10.6 Å². The molecule has 1 unspecified atom stereocenters. The summed E-state index contributed by atoms with van der Waals surface area (Å²) in [6.07, 6.45) is 1.00. The lowest BCUT2D eigenvalue weighted by Gasteiger charge is -2.40. The predicted octanol–water partition coefficient (Wildman–Crippen LogP) is 1.73. The number of nitrogens with zero attached hydrogens (tertiary/aromatic N) is 3. The molecule has 1 amide bonds. The lowest BCUT2D eigenvalue weighted by Crippen LogP contribution is -2.63. The molecule has 0 radical (unpaired) electrons. The zero-order valence-corrected chi connectivity index (χ0v) is 18.5. The van der Waals surface area contributed by atoms with E-state index in [1.807, 2.05) is 20.8 Å². The normalized spacial score (nSPS) is 22.2. The third kappa shape index (κ3) is 7.16. The van der Waals surface area contributed by atoms with E-state index in [0.717, 1.165) is 25.6 Å². The number of amides is 1. The van der Waals surface area contributed by atoms with Gasteiger partial charge in [-0.25, -0.2) is 4.79 Å². The molecule has 1 atom stereocenters. The van der Waals surface area contributed by atoms with Gasteiger partial charge in [0.05, 0.1) is 6.04 Å². The van der Waals surface area contributed by atoms with E-state index in [2.05, 4.69) is 27.4 Å². The summed E-state index contributed by atoms with van der Waals surface area (Å²) in [7, 11) is 1.78. The number of aliphatic imine (C=N–C) groups is 1. The van der Waals surface area contributed by atoms with Gasteiger partial charge in [0.2, 0.25) is 0 Å². The lowest BCUT2D eigenvalue weighted by molar-refractivity contribution is 0.00701. The fraction of sp³-hybridized carbons (Fsp3) is 0.882. The fourth-order valence-electron chi connectivity index (χ4n) is 3.04. The van der Waals surface area contributed by atoms with E-state index in [9.17, 15) is 4.79 Å². The summed E-state index contributed by atoms with van der Waals surface area (Å²) in [5, 5.41) is 6.79. The van der Waals surface area contributed by atoms with Gasteiger partial charge in [0, 0.05) is 33.2 Å². The van der Waals surface area contributed by atoms with Crippen LogP contribution >= 0.6 is 24.0 Å². The van der Waals surface area contributed by atoms with Crippen molar-refractivity contribution in [1.29, 1.82) is 0 Å². The highest BCUT2D eigenvalue weighted by molar-refractivity contribution is 14.0. The van der Waals surface area contributed by atoms with Gasteiger partial charge in [-0.1, -0.05) is 6.92 Å². The number of carbonyl (C=O) groups is 1. The molecule has 7 nitrogen and oxygen atoms in total. The van der Waals surface area contributed by atoms with E-state index in [4.69, 9.17) is 4.74 Å². The van der Waals surface area contributed by atoms with Crippen LogP contribution in [0.1, 0.15) is 34.1 Å². The number of likely N-dealkylation sites (tertiary alicyclic amines) is 2. The van der Waals surface area contributed by atoms with Gasteiger partial charge < -0.3 is 25.2 Å². The number of hydrogen-bond acceptors (Lipinski definition) is 4. The van der Waals surface area contributed by atoms with Crippen molar-refractivity contribution in [3.05, 3.63) is 0 Å². The monoisotopic (exact) mass is 467 g/mol. The van der Waals surface area contributed by atoms with Crippen LogP contribution in [0.4, 0.5) is 4.79 Å². The Balaban J connectivity index is 0.00000312. The van der Waals surface area contributed by atoms with Gasteiger partial charge in [-0.05, 0) is 46.2 Å². The van der Waals surface area contributed by atoms with Gasteiger partial charge in [-0.2, -0.15) is 0 Å². The Kier molecular flexibility index (Phi) is 8.73. The van der Waals surface area contributed by atoms with E-state index in [1.54, 1.807) is 11.9 Å². The first-order chi connectivity index (χ1) is 11.3. The average molecular weight is 467 g/mol. The highest BCUT2D eigenvalue weighted by Gasteiger charge is 2.34. The second-order valence-electron chi connectivity index (χ2n) is 7.73. The van der Waals surface area contributed by atoms with Crippen LogP contribution in [0.25, 0.3) is 0 Å². The Morgan fingerprint density at radius 1 is 1.28 bits per heavy atom. The van der Waals surface area contributed by atoms with Crippen LogP contribution in [0.2, 0.25) is 0 Å². The van der Waals surface area contributed by atoms with E-state index in [1.165, 1.54) is 13.0 Å². The molecule has 146 valence electrons. The summed E-state index contributed by atoms with van der Waals surface area (Å²) >= 11 is 0. The van der Waals surface area contributed by atoms with Gasteiger partial charge in [0.25, 0.3) is 0 Å². The zero-order valence-electron chi connectivity index (χ0n) is 16.2. The molecular weight excluding hydrogens is 433 g/mol. The molecule has 2 rings (SSSR count). The highest BCUT2D eigenvalue weighted by Crippen LogP contribution is 2.16. The highest BCUT2D eigenvalue weighted by atomic mass is 127. The quantitative estimate of drug-likeness (QED) is 0.375. The maximum Gasteiger partial charge on any atom is 0.410 e. The first kappa shape index (κ1) is 22.3. The molecule has 2 aliphatic rings. The lowest BCUT2D eigenvalue weighted by atomic mass is 10.1. The molecule has 0 aromatic heterocycles. The molecule has 0 aromatic rings. The first-order valence-electron chi connectivity index (χ1n) is 8.98. The molecule has 0 aromatic carbocycles. The average Bonchev–Trinajstić information content (AvgIpc) is 2.91. The summed E-state index contributed by atoms with van der Waals surface area (Å²) in [4.78, 5) is 20.4. The summed E-state index contributed by atoms with van der Waals surface area (Å²) in [6.45, 7) is 13.6. The Morgan fingerprint density at radius 2 is 1.96 bits per heavy atom. The largest absolute Gasteiger partial charge is 0.444 e. The van der Waals surface area contributed by atoms with Crippen LogP contribution in [0.3, 0.4) is 0 Å². The number of hydrogen-bond donors (Lipinski definition) is 2. The molecule has 25 heavy (non-hydrogen) atoms. The van der Waals surface area contributed by atoms with Gasteiger partial charge in [-0.15, -0.1) is 24.0 Å². The Hall–Kier alpha value is -0.770. The number of guanidine groups is 1. The van der Waals surface area contributed by atoms with E-state index in [0.29, 0.717) is 19.0 Å². The van der Waals surface area contributed by atoms with Gasteiger partial charge in [0.1, 0.15) is 5.60 Å². The van der Waals surface area contributed by atoms with Gasteiger partial charge in [-0.3, -0.25) is 4.99 Å². The maximum atomic E-state index is 11.9. The molecule has 8 heteroatoms. The Bertz CT molecular complexity index is 460. The molecule has 0 aliphatic carbocycles. The molecule has 0 spiro atoms. The standard InChI is InChI=1S/C17H33N5O2.HI/c1-6-21-8-7-13(10-21)9-19-15(18-5)20-14-11-22(12-14)16(23)24-17(2,3)4;/h13-14H,6-12H2,1-5H3,(H2,18,19,20);1H. The Labute approximate surface area is 169 Å². The zero-order chi connectivity index (χ0) is 17.7. The first-order valence-corrected chi connectivity index (χ1v) is 8.98. The summed E-state index contributed by atoms with van der Waals surface area (Å²) < 4.78 is 5.37. The van der Waals surface area contributed by atoms with Crippen molar-refractivity contribution in [3.8, 4) is 0 Å². The fourth-order valence-corrected chi connectivity index (χ4v) is 3.04. The minimum atomic E-state index is -0.444. The molecule has 2 saturated heterocycles. The molecule has 2 heterocycles. The molecule has 0 bridgehead atoms. The Morgan fingerprint density at radius 3 is 2.48 bits per heavy atom. The van der Waals surface area contributed by atoms with Crippen molar-refractivity contribution in [2.75, 3.05) is 46.3 Å². The molecular formula is C17H34IN5O2. The van der Waals surface area contributed by atoms with Crippen molar-refractivity contribution in [2.45, 2.75) is 45.8 Å². The number of rotatable bonds is 4. The van der Waals surface area contributed by atoms with Crippen LogP contribution in [0.15, 0.2) is 4.99 Å². The second-order valence-corrected chi connectivity index (χ2v) is 7.73. The van der Waals surface area contributed by atoms with Crippen molar-refractivity contribution in [2.24, 2.45) is 10.9 Å². The van der Waals surface area contributed by atoms with E-state index in [-0.39, 0.29) is 36.1 Å². The summed E-state index contributed by atoms with van der Waals surface area (Å²) in [6, 6.07) is 0.236. The second kappa shape index (κ2) is 9.80. The van der Waals surface area contributed by atoms with Crippen LogP contribution in [0.5, 0.6) is 0 Å². The molecule has 0 saturated carbocycles. The van der Waals surface area contributed by atoms with Crippen molar-refractivity contribution >= 4 is 36.0 Å². The van der Waals surface area contributed by atoms with Crippen LogP contribution in [0, 0.1) is 5.92 Å². The van der Waals surface area contributed by atoms with Crippen LogP contribution in [-0.2, 0) is 4.74 Å². The molecule has 2 N–H and O–H groups in total. The maximum absolute atomic E-state index is 11.9. The number of halogens is 1. The van der Waals surface area contributed by atoms with Gasteiger partial charge >= 0.3 is 6.09 Å². The van der Waals surface area contributed by atoms with Crippen molar-refractivity contribution in [3.63, 3.8) is 0 Å². The molecule has 2 aliphatic heterocycles. The number of carbonyl (C=O) groups excluding carboxylic acids is 1. The predicted molar refractivity (Wildman–Crippen MR) is 112 cm³/mol. The van der Waals surface area contributed by atoms with E-state index < -0.39 is 5.60 Å². The number of nitrogens with one attached hydrogen (secondary N) is 2. The van der Waals surface area contributed by atoms with E-state index >= 15 is 0 Å². The topological polar surface area (TPSA) is 69.2 Å². The minimum Gasteiger partial charge on any atom is -0.444 e. The SMILES string of the molecule is CCN1CCC(CNC(=NC)NC2CN(C(=O)OC(C)(C)C)C2)C1.I.